The Morgan fingerprint density at radius 1 is 1.08 bits per heavy atom. The third-order valence-corrected chi connectivity index (χ3v) is 4.93. The second-order valence-corrected chi connectivity index (χ2v) is 7.12. The molecule has 5 heteroatoms. The van der Waals surface area contributed by atoms with Crippen LogP contribution in [-0.4, -0.2) is 44.2 Å². The maximum Gasteiger partial charge on any atom is 0.256 e. The van der Waals surface area contributed by atoms with Gasteiger partial charge in [-0.3, -0.25) is 4.79 Å². The molecular formula is C20H23BrN2O2. The van der Waals surface area contributed by atoms with E-state index in [-0.39, 0.29) is 5.91 Å². The van der Waals surface area contributed by atoms with E-state index < -0.39 is 0 Å². The highest BCUT2D eigenvalue weighted by atomic mass is 79.9. The van der Waals surface area contributed by atoms with Crippen LogP contribution in [0.1, 0.15) is 22.3 Å². The highest BCUT2D eigenvalue weighted by molar-refractivity contribution is 9.10. The maximum absolute atomic E-state index is 12.9. The van der Waals surface area contributed by atoms with Crippen molar-refractivity contribution in [1.29, 1.82) is 0 Å². The van der Waals surface area contributed by atoms with Crippen molar-refractivity contribution < 1.29 is 9.53 Å². The van der Waals surface area contributed by atoms with Crippen LogP contribution in [0.5, 0.6) is 0 Å². The number of methoxy groups -OCH3 is 1. The molecule has 25 heavy (non-hydrogen) atoms. The van der Waals surface area contributed by atoms with E-state index in [1.807, 2.05) is 41.3 Å². The summed E-state index contributed by atoms with van der Waals surface area (Å²) in [5.41, 5.74) is 3.03. The number of benzene rings is 2. The van der Waals surface area contributed by atoms with Gasteiger partial charge in [-0.25, -0.2) is 0 Å². The Bertz CT molecular complexity index is 735. The Kier molecular flexibility index (Phi) is 6.10. The number of hydrogen-bond donors (Lipinski definition) is 0. The van der Waals surface area contributed by atoms with Gasteiger partial charge in [0, 0.05) is 50.1 Å². The predicted octanol–water partition coefficient (Wildman–Crippen LogP) is 3.95. The van der Waals surface area contributed by atoms with Gasteiger partial charge in [-0.05, 0) is 36.2 Å². The zero-order chi connectivity index (χ0) is 17.6. The van der Waals surface area contributed by atoms with Gasteiger partial charge in [0.15, 0.2) is 0 Å². The highest BCUT2D eigenvalue weighted by Crippen LogP contribution is 2.27. The normalized spacial score (nSPS) is 14.4. The minimum atomic E-state index is 0.114. The topological polar surface area (TPSA) is 32.8 Å². The van der Waals surface area contributed by atoms with Crippen molar-refractivity contribution in [3.63, 3.8) is 0 Å². The van der Waals surface area contributed by atoms with Crippen molar-refractivity contribution in [3.05, 3.63) is 64.1 Å². The molecule has 0 spiro atoms. The summed E-state index contributed by atoms with van der Waals surface area (Å²) in [6, 6.07) is 16.2. The Morgan fingerprint density at radius 3 is 2.68 bits per heavy atom. The maximum atomic E-state index is 12.9. The van der Waals surface area contributed by atoms with Gasteiger partial charge in [-0.1, -0.05) is 40.2 Å². The number of ether oxygens (including phenoxy) is 1. The first-order valence-corrected chi connectivity index (χ1v) is 9.35. The summed E-state index contributed by atoms with van der Waals surface area (Å²) in [5.74, 6) is 0.114. The number of amides is 1. The van der Waals surface area contributed by atoms with E-state index in [1.54, 1.807) is 7.11 Å². The Labute approximate surface area is 157 Å². The van der Waals surface area contributed by atoms with Crippen molar-refractivity contribution in [1.82, 2.24) is 4.90 Å². The first-order valence-electron chi connectivity index (χ1n) is 8.55. The highest BCUT2D eigenvalue weighted by Gasteiger charge is 2.25. The molecular weight excluding hydrogens is 380 g/mol. The number of nitrogens with zero attached hydrogens (tertiary/aromatic N) is 2. The van der Waals surface area contributed by atoms with Crippen LogP contribution >= 0.6 is 15.9 Å². The molecule has 2 aromatic rings. The van der Waals surface area contributed by atoms with Crippen LogP contribution in [0, 0.1) is 0 Å². The van der Waals surface area contributed by atoms with Gasteiger partial charge in [-0.15, -0.1) is 0 Å². The number of fused-ring (bicyclic) bond motifs is 1. The van der Waals surface area contributed by atoms with Gasteiger partial charge >= 0.3 is 0 Å². The number of carbonyl (C=O) groups is 1. The number of rotatable bonds is 6. The van der Waals surface area contributed by atoms with Gasteiger partial charge in [0.05, 0.1) is 5.56 Å². The molecule has 1 aliphatic rings. The number of hydrogen-bond acceptors (Lipinski definition) is 3. The van der Waals surface area contributed by atoms with Gasteiger partial charge in [0.1, 0.15) is 0 Å². The summed E-state index contributed by atoms with van der Waals surface area (Å²) in [7, 11) is 1.69. The first kappa shape index (κ1) is 18.0. The molecule has 4 nitrogen and oxygen atoms in total. The van der Waals surface area contributed by atoms with Crippen LogP contribution in [0.15, 0.2) is 53.0 Å². The van der Waals surface area contributed by atoms with E-state index >= 15 is 0 Å². The van der Waals surface area contributed by atoms with Crippen molar-refractivity contribution in [2.24, 2.45) is 0 Å². The Balaban J connectivity index is 1.83. The quantitative estimate of drug-likeness (QED) is 0.685. The van der Waals surface area contributed by atoms with Gasteiger partial charge in [0.25, 0.3) is 5.91 Å². The molecule has 132 valence electrons. The fourth-order valence-electron chi connectivity index (χ4n) is 3.20. The van der Waals surface area contributed by atoms with Gasteiger partial charge < -0.3 is 14.5 Å². The molecule has 0 radical (unpaired) electrons. The van der Waals surface area contributed by atoms with Crippen LogP contribution in [0.4, 0.5) is 5.69 Å². The third kappa shape index (κ3) is 4.41. The minimum absolute atomic E-state index is 0.114. The molecule has 2 aromatic carbocycles. The standard InChI is InChI=1S/C20H23BrN2O2/c1-25-13-5-10-22-11-12-23(15-16-6-4-7-17(21)14-16)19-9-3-2-8-18(19)20(22)24/h2-4,6-9,14H,5,10-13,15H2,1H3. The van der Waals surface area contributed by atoms with Crippen molar-refractivity contribution in [3.8, 4) is 0 Å². The summed E-state index contributed by atoms with van der Waals surface area (Å²) in [6.45, 7) is 3.74. The van der Waals surface area contributed by atoms with E-state index in [0.29, 0.717) is 6.61 Å². The zero-order valence-electron chi connectivity index (χ0n) is 14.5. The number of carbonyl (C=O) groups excluding carboxylic acids is 1. The van der Waals surface area contributed by atoms with Gasteiger partial charge in [-0.2, -0.15) is 0 Å². The number of anilines is 1. The van der Waals surface area contributed by atoms with E-state index in [2.05, 4.69) is 33.0 Å². The molecule has 1 heterocycles. The second-order valence-electron chi connectivity index (χ2n) is 6.21. The average Bonchev–Trinajstić information content (AvgIpc) is 2.74. The van der Waals surface area contributed by atoms with Gasteiger partial charge in [0.2, 0.25) is 0 Å². The molecule has 0 fully saturated rings. The average molecular weight is 403 g/mol. The first-order chi connectivity index (χ1) is 12.2. The molecule has 0 atom stereocenters. The molecule has 1 amide bonds. The fraction of sp³-hybridized carbons (Fsp3) is 0.350. The van der Waals surface area contributed by atoms with E-state index in [9.17, 15) is 4.79 Å². The molecule has 0 unspecified atom stereocenters. The monoisotopic (exact) mass is 402 g/mol. The van der Waals surface area contributed by atoms with Crippen LogP contribution < -0.4 is 4.90 Å². The molecule has 0 aromatic heterocycles. The predicted molar refractivity (Wildman–Crippen MR) is 104 cm³/mol. The van der Waals surface area contributed by atoms with E-state index in [1.165, 1.54) is 5.56 Å². The van der Waals surface area contributed by atoms with E-state index in [0.717, 1.165) is 48.3 Å². The molecule has 0 saturated heterocycles. The second kappa shape index (κ2) is 8.50. The fourth-order valence-corrected chi connectivity index (χ4v) is 3.64. The largest absolute Gasteiger partial charge is 0.385 e. The summed E-state index contributed by atoms with van der Waals surface area (Å²) >= 11 is 3.54. The lowest BCUT2D eigenvalue weighted by atomic mass is 10.1. The summed E-state index contributed by atoms with van der Waals surface area (Å²) < 4.78 is 6.20. The Morgan fingerprint density at radius 2 is 1.88 bits per heavy atom. The summed E-state index contributed by atoms with van der Waals surface area (Å²) in [6.07, 6.45) is 0.857. The third-order valence-electron chi connectivity index (χ3n) is 4.44. The molecule has 3 rings (SSSR count). The van der Waals surface area contributed by atoms with Crippen molar-refractivity contribution in [2.45, 2.75) is 13.0 Å². The van der Waals surface area contributed by atoms with E-state index in [4.69, 9.17) is 4.74 Å². The smallest absolute Gasteiger partial charge is 0.256 e. The lowest BCUT2D eigenvalue weighted by Crippen LogP contribution is -2.35. The lowest BCUT2D eigenvalue weighted by Gasteiger charge is -2.25. The molecule has 0 bridgehead atoms. The molecule has 1 aliphatic heterocycles. The lowest BCUT2D eigenvalue weighted by molar-refractivity contribution is 0.0748. The Hall–Kier alpha value is -1.85. The van der Waals surface area contributed by atoms with Crippen LogP contribution in [0.2, 0.25) is 0 Å². The van der Waals surface area contributed by atoms with Crippen molar-refractivity contribution in [2.75, 3.05) is 38.3 Å². The molecule has 0 saturated carbocycles. The molecule has 0 aliphatic carbocycles. The molecule has 0 N–H and O–H groups in total. The SMILES string of the molecule is COCCCN1CCN(Cc2cccc(Br)c2)c2ccccc2C1=O. The van der Waals surface area contributed by atoms with Crippen LogP contribution in [-0.2, 0) is 11.3 Å². The van der Waals surface area contributed by atoms with Crippen LogP contribution in [0.3, 0.4) is 0 Å². The summed E-state index contributed by atoms with van der Waals surface area (Å²) in [4.78, 5) is 17.2. The number of para-hydroxylation sites is 1. The summed E-state index contributed by atoms with van der Waals surface area (Å²) in [5, 5.41) is 0. The van der Waals surface area contributed by atoms with Crippen molar-refractivity contribution >= 4 is 27.5 Å². The zero-order valence-corrected chi connectivity index (χ0v) is 16.0. The minimum Gasteiger partial charge on any atom is -0.385 e. The number of halogens is 1. The van der Waals surface area contributed by atoms with Crippen LogP contribution in [0.25, 0.3) is 0 Å².